The van der Waals surface area contributed by atoms with Crippen molar-refractivity contribution in [2.24, 2.45) is 0 Å². The van der Waals surface area contributed by atoms with Crippen molar-refractivity contribution < 1.29 is 22.4 Å². The first-order chi connectivity index (χ1) is 18.7. The van der Waals surface area contributed by atoms with Gasteiger partial charge in [0, 0.05) is 11.3 Å². The van der Waals surface area contributed by atoms with Crippen LogP contribution in [0.4, 0.5) is 11.4 Å². The Morgan fingerprint density at radius 3 is 2.44 bits per heavy atom. The lowest BCUT2D eigenvalue weighted by molar-refractivity contribution is -0.128. The average molecular weight is 562 g/mol. The standard InChI is InChI=1S/C29H27N3O5S2/c1-19-5-14-26(20(2)16-19)31-39(35,36)25-12-10-23(11-13-25)30-28(34)21-6-8-22(9-7-21)29-32(27(33)18-38-29)17-24-4-3-15-37-24/h3-16,29,31H,17-18H2,1-2H3,(H,30,34)/t29-/m0/s1. The highest BCUT2D eigenvalue weighted by atomic mass is 32.2. The monoisotopic (exact) mass is 561 g/mol. The summed E-state index contributed by atoms with van der Waals surface area (Å²) in [6.45, 7) is 4.18. The van der Waals surface area contributed by atoms with Crippen LogP contribution in [0.15, 0.2) is 94.4 Å². The van der Waals surface area contributed by atoms with Gasteiger partial charge in [-0.3, -0.25) is 14.3 Å². The van der Waals surface area contributed by atoms with E-state index in [1.165, 1.54) is 23.9 Å². The average Bonchev–Trinajstić information content (AvgIpc) is 3.56. The van der Waals surface area contributed by atoms with Gasteiger partial charge in [0.1, 0.15) is 11.1 Å². The van der Waals surface area contributed by atoms with E-state index in [9.17, 15) is 18.0 Å². The van der Waals surface area contributed by atoms with Crippen LogP contribution in [0.1, 0.15) is 38.2 Å². The normalized spacial score (nSPS) is 15.4. The second kappa shape index (κ2) is 11.0. The predicted molar refractivity (Wildman–Crippen MR) is 152 cm³/mol. The molecule has 39 heavy (non-hydrogen) atoms. The van der Waals surface area contributed by atoms with E-state index in [0.29, 0.717) is 35.0 Å². The third kappa shape index (κ3) is 6.02. The summed E-state index contributed by atoms with van der Waals surface area (Å²) >= 11 is 1.54. The molecule has 0 radical (unpaired) electrons. The molecule has 2 N–H and O–H groups in total. The number of amides is 2. The lowest BCUT2D eigenvalue weighted by Gasteiger charge is -2.23. The zero-order chi connectivity index (χ0) is 27.6. The second-order valence-corrected chi connectivity index (χ2v) is 12.0. The third-order valence-electron chi connectivity index (χ3n) is 6.38. The van der Waals surface area contributed by atoms with Gasteiger partial charge >= 0.3 is 0 Å². The van der Waals surface area contributed by atoms with Crippen LogP contribution in [0.25, 0.3) is 0 Å². The van der Waals surface area contributed by atoms with Gasteiger partial charge in [-0.2, -0.15) is 0 Å². The van der Waals surface area contributed by atoms with Gasteiger partial charge in [0.15, 0.2) is 0 Å². The second-order valence-electron chi connectivity index (χ2n) is 9.29. The summed E-state index contributed by atoms with van der Waals surface area (Å²) in [5.74, 6) is 0.817. The number of carbonyl (C=O) groups excluding carboxylic acids is 2. The van der Waals surface area contributed by atoms with Crippen LogP contribution in [0, 0.1) is 13.8 Å². The predicted octanol–water partition coefficient (Wildman–Crippen LogP) is 5.72. The molecule has 1 atom stereocenters. The van der Waals surface area contributed by atoms with Crippen molar-refractivity contribution in [1.29, 1.82) is 0 Å². The van der Waals surface area contributed by atoms with Gasteiger partial charge in [-0.15, -0.1) is 11.8 Å². The van der Waals surface area contributed by atoms with Gasteiger partial charge in [0.2, 0.25) is 5.91 Å². The number of hydrogen-bond donors (Lipinski definition) is 2. The summed E-state index contributed by atoms with van der Waals surface area (Å²) in [6, 6.07) is 22.2. The fraction of sp³-hybridized carbons (Fsp3) is 0.172. The Morgan fingerprint density at radius 1 is 1.03 bits per heavy atom. The SMILES string of the molecule is Cc1ccc(NS(=O)(=O)c2ccc(NC(=O)c3ccc([C@@H]4SCC(=O)N4Cc4ccco4)cc3)cc2)c(C)c1. The third-order valence-corrected chi connectivity index (χ3v) is 9.02. The molecule has 0 saturated carbocycles. The number of anilines is 2. The van der Waals surface area contributed by atoms with E-state index in [-0.39, 0.29) is 22.1 Å². The Labute approximate surface area is 231 Å². The summed E-state index contributed by atoms with van der Waals surface area (Å²) in [6.07, 6.45) is 1.58. The number of rotatable bonds is 8. The zero-order valence-corrected chi connectivity index (χ0v) is 23.0. The Morgan fingerprint density at radius 2 is 1.77 bits per heavy atom. The van der Waals surface area contributed by atoms with E-state index in [2.05, 4.69) is 10.0 Å². The summed E-state index contributed by atoms with van der Waals surface area (Å²) in [5.41, 5.74) is 4.22. The molecule has 1 aliphatic heterocycles. The molecule has 2 heterocycles. The Balaban J connectivity index is 1.23. The number of benzene rings is 3. The summed E-state index contributed by atoms with van der Waals surface area (Å²) < 4.78 is 33.7. The lowest BCUT2D eigenvalue weighted by atomic mass is 10.1. The summed E-state index contributed by atoms with van der Waals surface area (Å²) in [5, 5.41) is 2.64. The van der Waals surface area contributed by atoms with Crippen molar-refractivity contribution in [2.45, 2.75) is 30.7 Å². The lowest BCUT2D eigenvalue weighted by Crippen LogP contribution is -2.27. The van der Waals surface area contributed by atoms with Gasteiger partial charge in [0.05, 0.1) is 29.1 Å². The van der Waals surface area contributed by atoms with Crippen LogP contribution in [0.5, 0.6) is 0 Å². The molecule has 1 aromatic heterocycles. The molecule has 1 saturated heterocycles. The number of sulfonamides is 1. The van der Waals surface area contributed by atoms with Gasteiger partial charge < -0.3 is 14.6 Å². The first-order valence-corrected chi connectivity index (χ1v) is 14.8. The fourth-order valence-electron chi connectivity index (χ4n) is 4.32. The van der Waals surface area contributed by atoms with Crippen molar-refractivity contribution in [3.8, 4) is 0 Å². The molecule has 10 heteroatoms. The van der Waals surface area contributed by atoms with Crippen molar-refractivity contribution in [3.05, 3.63) is 113 Å². The molecule has 2 amide bonds. The highest BCUT2D eigenvalue weighted by Gasteiger charge is 2.33. The molecular weight excluding hydrogens is 534 g/mol. The smallest absolute Gasteiger partial charge is 0.261 e. The first-order valence-electron chi connectivity index (χ1n) is 12.2. The summed E-state index contributed by atoms with van der Waals surface area (Å²) in [4.78, 5) is 27.1. The van der Waals surface area contributed by atoms with E-state index < -0.39 is 10.0 Å². The number of nitrogens with one attached hydrogen (secondary N) is 2. The van der Waals surface area contributed by atoms with E-state index in [1.807, 2.05) is 44.2 Å². The molecule has 200 valence electrons. The largest absolute Gasteiger partial charge is 0.467 e. The zero-order valence-electron chi connectivity index (χ0n) is 21.4. The van der Waals surface area contributed by atoms with Gasteiger partial charge in [-0.1, -0.05) is 29.8 Å². The number of aryl methyl sites for hydroxylation is 2. The highest BCUT2D eigenvalue weighted by molar-refractivity contribution is 8.00. The van der Waals surface area contributed by atoms with E-state index in [0.717, 1.165) is 16.7 Å². The molecule has 5 rings (SSSR count). The number of hydrogen-bond acceptors (Lipinski definition) is 6. The van der Waals surface area contributed by atoms with Crippen LogP contribution in [0.2, 0.25) is 0 Å². The number of furan rings is 1. The fourth-order valence-corrected chi connectivity index (χ4v) is 6.64. The van der Waals surface area contributed by atoms with Gasteiger partial charge in [-0.25, -0.2) is 8.42 Å². The molecule has 0 aliphatic carbocycles. The molecule has 4 aromatic rings. The van der Waals surface area contributed by atoms with Crippen molar-refractivity contribution >= 4 is 45.0 Å². The molecule has 8 nitrogen and oxygen atoms in total. The van der Waals surface area contributed by atoms with Gasteiger partial charge in [0.25, 0.3) is 15.9 Å². The van der Waals surface area contributed by atoms with Crippen molar-refractivity contribution in [2.75, 3.05) is 15.8 Å². The maximum Gasteiger partial charge on any atom is 0.261 e. The Hall–Kier alpha value is -4.02. The minimum atomic E-state index is -3.78. The van der Waals surface area contributed by atoms with Crippen LogP contribution in [-0.2, 0) is 21.4 Å². The minimum Gasteiger partial charge on any atom is -0.467 e. The van der Waals surface area contributed by atoms with Crippen LogP contribution < -0.4 is 10.0 Å². The van der Waals surface area contributed by atoms with E-state index in [1.54, 1.807) is 47.6 Å². The topological polar surface area (TPSA) is 109 Å². The van der Waals surface area contributed by atoms with Crippen LogP contribution in [-0.4, -0.2) is 30.9 Å². The number of nitrogens with zero attached hydrogens (tertiary/aromatic N) is 1. The molecule has 0 unspecified atom stereocenters. The maximum absolute atomic E-state index is 12.8. The molecule has 0 spiro atoms. The highest BCUT2D eigenvalue weighted by Crippen LogP contribution is 2.39. The molecule has 1 aliphatic rings. The van der Waals surface area contributed by atoms with Gasteiger partial charge in [-0.05, 0) is 79.6 Å². The maximum atomic E-state index is 12.8. The van der Waals surface area contributed by atoms with Crippen molar-refractivity contribution in [1.82, 2.24) is 4.90 Å². The van der Waals surface area contributed by atoms with Crippen LogP contribution in [0.3, 0.4) is 0 Å². The Kier molecular flexibility index (Phi) is 7.49. The quantitative estimate of drug-likeness (QED) is 0.285. The van der Waals surface area contributed by atoms with Crippen molar-refractivity contribution in [3.63, 3.8) is 0 Å². The summed E-state index contributed by atoms with van der Waals surface area (Å²) in [7, 11) is -3.78. The molecule has 1 fully saturated rings. The molecule has 3 aromatic carbocycles. The first kappa shape index (κ1) is 26.6. The molecule has 0 bridgehead atoms. The van der Waals surface area contributed by atoms with E-state index in [4.69, 9.17) is 4.42 Å². The van der Waals surface area contributed by atoms with Crippen LogP contribution >= 0.6 is 11.8 Å². The minimum absolute atomic E-state index is 0.0397. The number of carbonyl (C=O) groups is 2. The number of thioether (sulfide) groups is 1. The Bertz CT molecular complexity index is 1600. The van der Waals surface area contributed by atoms with E-state index >= 15 is 0 Å². The molecular formula is C29H27N3O5S2.